The van der Waals surface area contributed by atoms with Crippen molar-refractivity contribution in [1.29, 1.82) is 0 Å². The Bertz CT molecular complexity index is 465. The molecule has 2 rings (SSSR count). The minimum atomic E-state index is -1.20. The third-order valence-electron chi connectivity index (χ3n) is 4.10. The summed E-state index contributed by atoms with van der Waals surface area (Å²) in [7, 11) is 2.00. The summed E-state index contributed by atoms with van der Waals surface area (Å²) < 4.78 is 0. The smallest absolute Gasteiger partial charge is 0.252 e. The standard InChI is InChI=1S/C16H24N2O3/c1-18-11-8-16(21,9-12-18)15(20)17-10-2-3-13-4-6-14(19)7-5-13/h4-7,19,21H,2-3,8-12H2,1H3,(H,17,20). The van der Waals surface area contributed by atoms with Crippen molar-refractivity contribution in [3.63, 3.8) is 0 Å². The molecule has 0 aliphatic carbocycles. The number of aliphatic hydroxyl groups is 1. The van der Waals surface area contributed by atoms with Crippen LogP contribution in [0.4, 0.5) is 0 Å². The van der Waals surface area contributed by atoms with E-state index in [4.69, 9.17) is 0 Å². The Morgan fingerprint density at radius 2 is 1.90 bits per heavy atom. The molecule has 1 heterocycles. The zero-order valence-corrected chi connectivity index (χ0v) is 12.5. The summed E-state index contributed by atoms with van der Waals surface area (Å²) >= 11 is 0. The van der Waals surface area contributed by atoms with Crippen molar-refractivity contribution in [2.24, 2.45) is 0 Å². The molecule has 5 nitrogen and oxygen atoms in total. The summed E-state index contributed by atoms with van der Waals surface area (Å²) in [6, 6.07) is 7.08. The highest BCUT2D eigenvalue weighted by Gasteiger charge is 2.38. The molecule has 1 aliphatic rings. The minimum absolute atomic E-state index is 0.249. The second-order valence-corrected chi connectivity index (χ2v) is 5.86. The maximum atomic E-state index is 12.1. The number of piperidine rings is 1. The number of nitrogens with one attached hydrogen (secondary N) is 1. The van der Waals surface area contributed by atoms with E-state index >= 15 is 0 Å². The number of hydrogen-bond donors (Lipinski definition) is 3. The predicted molar refractivity (Wildman–Crippen MR) is 81.1 cm³/mol. The summed E-state index contributed by atoms with van der Waals surface area (Å²) in [5, 5.41) is 22.4. The number of hydrogen-bond acceptors (Lipinski definition) is 4. The van der Waals surface area contributed by atoms with Crippen molar-refractivity contribution >= 4 is 5.91 Å². The number of aromatic hydroxyl groups is 1. The number of rotatable bonds is 5. The first kappa shape index (κ1) is 15.8. The van der Waals surface area contributed by atoms with Crippen LogP contribution >= 0.6 is 0 Å². The summed E-state index contributed by atoms with van der Waals surface area (Å²) in [5.74, 6) is 0.0119. The van der Waals surface area contributed by atoms with E-state index in [1.807, 2.05) is 19.2 Å². The van der Waals surface area contributed by atoms with Gasteiger partial charge in [-0.1, -0.05) is 12.1 Å². The average Bonchev–Trinajstić information content (AvgIpc) is 2.48. The van der Waals surface area contributed by atoms with E-state index < -0.39 is 5.60 Å². The number of likely N-dealkylation sites (tertiary alicyclic amines) is 1. The molecule has 1 aromatic rings. The third-order valence-corrected chi connectivity index (χ3v) is 4.10. The van der Waals surface area contributed by atoms with Crippen molar-refractivity contribution in [3.8, 4) is 5.75 Å². The third kappa shape index (κ3) is 4.44. The lowest BCUT2D eigenvalue weighted by atomic mass is 9.90. The highest BCUT2D eigenvalue weighted by Crippen LogP contribution is 2.21. The van der Waals surface area contributed by atoms with Crippen LogP contribution in [-0.4, -0.2) is 53.3 Å². The van der Waals surface area contributed by atoms with Gasteiger partial charge in [0.1, 0.15) is 11.4 Å². The molecule has 0 atom stereocenters. The highest BCUT2D eigenvalue weighted by molar-refractivity contribution is 5.85. The fraction of sp³-hybridized carbons (Fsp3) is 0.562. The summed E-state index contributed by atoms with van der Waals surface area (Å²) in [4.78, 5) is 14.2. The predicted octanol–water partition coefficient (Wildman–Crippen LogP) is 0.898. The lowest BCUT2D eigenvalue weighted by molar-refractivity contribution is -0.144. The van der Waals surface area contributed by atoms with Crippen LogP contribution in [0.25, 0.3) is 0 Å². The topological polar surface area (TPSA) is 72.8 Å². The lowest BCUT2D eigenvalue weighted by Gasteiger charge is -2.35. The molecule has 116 valence electrons. The van der Waals surface area contributed by atoms with Crippen molar-refractivity contribution in [2.45, 2.75) is 31.3 Å². The SMILES string of the molecule is CN1CCC(O)(C(=O)NCCCc2ccc(O)cc2)CC1. The molecule has 0 radical (unpaired) electrons. The van der Waals surface area contributed by atoms with Gasteiger partial charge >= 0.3 is 0 Å². The Hall–Kier alpha value is -1.59. The van der Waals surface area contributed by atoms with E-state index in [2.05, 4.69) is 10.2 Å². The Morgan fingerprint density at radius 3 is 2.52 bits per heavy atom. The molecule has 3 N–H and O–H groups in total. The lowest BCUT2D eigenvalue weighted by Crippen LogP contribution is -2.53. The van der Waals surface area contributed by atoms with Gasteiger partial charge in [0, 0.05) is 19.6 Å². The Labute approximate surface area is 125 Å². The zero-order chi connectivity index (χ0) is 15.3. The molecule has 0 unspecified atom stereocenters. The van der Waals surface area contributed by atoms with Crippen LogP contribution < -0.4 is 5.32 Å². The molecule has 0 aromatic heterocycles. The quantitative estimate of drug-likeness (QED) is 0.705. The van der Waals surface area contributed by atoms with Gasteiger partial charge in [-0.05, 0) is 50.4 Å². The van der Waals surface area contributed by atoms with Crippen molar-refractivity contribution < 1.29 is 15.0 Å². The van der Waals surface area contributed by atoms with Crippen LogP contribution in [0, 0.1) is 0 Å². The van der Waals surface area contributed by atoms with Gasteiger partial charge < -0.3 is 20.4 Å². The Balaban J connectivity index is 1.70. The van der Waals surface area contributed by atoms with E-state index in [9.17, 15) is 15.0 Å². The van der Waals surface area contributed by atoms with Gasteiger partial charge in [-0.3, -0.25) is 4.79 Å². The molecule has 21 heavy (non-hydrogen) atoms. The number of benzene rings is 1. The first-order valence-corrected chi connectivity index (χ1v) is 7.47. The maximum absolute atomic E-state index is 12.1. The van der Waals surface area contributed by atoms with Crippen LogP contribution in [0.3, 0.4) is 0 Å². The molecule has 1 aromatic carbocycles. The second-order valence-electron chi connectivity index (χ2n) is 5.86. The van der Waals surface area contributed by atoms with Crippen LogP contribution in [0.5, 0.6) is 5.75 Å². The molecular weight excluding hydrogens is 268 g/mol. The minimum Gasteiger partial charge on any atom is -0.508 e. The van der Waals surface area contributed by atoms with E-state index in [1.165, 1.54) is 0 Å². The van der Waals surface area contributed by atoms with Gasteiger partial charge in [-0.2, -0.15) is 0 Å². The van der Waals surface area contributed by atoms with Gasteiger partial charge in [0.05, 0.1) is 0 Å². The van der Waals surface area contributed by atoms with Crippen molar-refractivity contribution in [2.75, 3.05) is 26.7 Å². The normalized spacial score (nSPS) is 18.4. The number of phenols is 1. The molecular formula is C16H24N2O3. The monoisotopic (exact) mass is 292 g/mol. The number of carbonyl (C=O) groups is 1. The fourth-order valence-electron chi connectivity index (χ4n) is 2.54. The van der Waals surface area contributed by atoms with Gasteiger partial charge in [0.2, 0.25) is 0 Å². The van der Waals surface area contributed by atoms with Crippen molar-refractivity contribution in [3.05, 3.63) is 29.8 Å². The van der Waals surface area contributed by atoms with Gasteiger partial charge in [-0.15, -0.1) is 0 Å². The number of carbonyl (C=O) groups excluding carboxylic acids is 1. The molecule has 1 fully saturated rings. The van der Waals surface area contributed by atoms with E-state index in [0.29, 0.717) is 19.4 Å². The number of amides is 1. The fourth-order valence-corrected chi connectivity index (χ4v) is 2.54. The molecule has 0 bridgehead atoms. The number of aryl methyl sites for hydroxylation is 1. The maximum Gasteiger partial charge on any atom is 0.252 e. The second kappa shape index (κ2) is 6.91. The van der Waals surface area contributed by atoms with Crippen molar-refractivity contribution in [1.82, 2.24) is 10.2 Å². The zero-order valence-electron chi connectivity index (χ0n) is 12.5. The van der Waals surface area contributed by atoms with E-state index in [-0.39, 0.29) is 11.7 Å². The Kier molecular flexibility index (Phi) is 5.20. The number of phenolic OH excluding ortho intramolecular Hbond substituents is 1. The molecule has 5 heteroatoms. The molecule has 0 spiro atoms. The van der Waals surface area contributed by atoms with Gasteiger partial charge in [0.15, 0.2) is 0 Å². The summed E-state index contributed by atoms with van der Waals surface area (Å²) in [5.41, 5.74) is -0.0783. The molecule has 1 aliphatic heterocycles. The summed E-state index contributed by atoms with van der Waals surface area (Å²) in [6.45, 7) is 2.05. The highest BCUT2D eigenvalue weighted by atomic mass is 16.3. The Morgan fingerprint density at radius 1 is 1.29 bits per heavy atom. The van der Waals surface area contributed by atoms with E-state index in [1.54, 1.807) is 12.1 Å². The van der Waals surface area contributed by atoms with Gasteiger partial charge in [-0.25, -0.2) is 0 Å². The van der Waals surface area contributed by atoms with E-state index in [0.717, 1.165) is 31.5 Å². The van der Waals surface area contributed by atoms with Gasteiger partial charge in [0.25, 0.3) is 5.91 Å². The van der Waals surface area contributed by atoms with Crippen LogP contribution in [0.1, 0.15) is 24.8 Å². The van der Waals surface area contributed by atoms with Crippen LogP contribution in [0.2, 0.25) is 0 Å². The molecule has 0 saturated carbocycles. The molecule has 1 amide bonds. The molecule has 1 saturated heterocycles. The average molecular weight is 292 g/mol. The first-order valence-electron chi connectivity index (χ1n) is 7.47. The number of nitrogens with zero attached hydrogens (tertiary/aromatic N) is 1. The largest absolute Gasteiger partial charge is 0.508 e. The van der Waals surface area contributed by atoms with Crippen LogP contribution in [0.15, 0.2) is 24.3 Å². The summed E-state index contributed by atoms with van der Waals surface area (Å²) in [6.07, 6.45) is 2.63. The van der Waals surface area contributed by atoms with Crippen LogP contribution in [-0.2, 0) is 11.2 Å². The first-order chi connectivity index (χ1) is 9.99.